The van der Waals surface area contributed by atoms with Crippen molar-refractivity contribution in [3.8, 4) is 0 Å². The summed E-state index contributed by atoms with van der Waals surface area (Å²) in [7, 11) is 0. The van der Waals surface area contributed by atoms with Crippen LogP contribution in [0.5, 0.6) is 0 Å². The van der Waals surface area contributed by atoms with Gasteiger partial charge in [-0.1, -0.05) is 17.7 Å². The van der Waals surface area contributed by atoms with Gasteiger partial charge in [-0.2, -0.15) is 4.98 Å². The highest BCUT2D eigenvalue weighted by molar-refractivity contribution is 6.30. The average molecular weight is 361 g/mol. The van der Waals surface area contributed by atoms with Gasteiger partial charge in [-0.05, 0) is 43.7 Å². The number of aromatic nitrogens is 2. The number of nitrogens with zero attached hydrogens (tertiary/aromatic N) is 2. The first kappa shape index (κ1) is 17.1. The van der Waals surface area contributed by atoms with Crippen molar-refractivity contribution in [2.75, 3.05) is 10.6 Å². The van der Waals surface area contributed by atoms with Gasteiger partial charge in [0.05, 0.1) is 0 Å². The third-order valence-corrected chi connectivity index (χ3v) is 3.73. The van der Waals surface area contributed by atoms with Gasteiger partial charge in [-0.3, -0.25) is 0 Å². The SMILES string of the molecule is Cc1cc(Nc2ccc(F)c(F)c2)nc(Nc2cc(Cl)ccc2C)n1. The molecule has 128 valence electrons. The maximum Gasteiger partial charge on any atom is 0.229 e. The molecule has 4 nitrogen and oxygen atoms in total. The fourth-order valence-electron chi connectivity index (χ4n) is 2.26. The Kier molecular flexibility index (Phi) is 4.81. The molecule has 0 spiro atoms. The molecule has 0 unspecified atom stereocenters. The highest BCUT2D eigenvalue weighted by Crippen LogP contribution is 2.24. The third-order valence-electron chi connectivity index (χ3n) is 3.49. The minimum absolute atomic E-state index is 0.371. The Morgan fingerprint density at radius 1 is 0.880 bits per heavy atom. The van der Waals surface area contributed by atoms with Crippen molar-refractivity contribution in [3.05, 3.63) is 70.4 Å². The number of benzene rings is 2. The van der Waals surface area contributed by atoms with Gasteiger partial charge in [0, 0.05) is 34.2 Å². The minimum atomic E-state index is -0.927. The molecule has 2 aromatic carbocycles. The van der Waals surface area contributed by atoms with Crippen LogP contribution in [0.4, 0.5) is 31.9 Å². The number of anilines is 4. The molecule has 0 amide bonds. The Labute approximate surface area is 148 Å². The first-order valence-corrected chi connectivity index (χ1v) is 7.89. The molecule has 0 saturated carbocycles. The molecule has 3 rings (SSSR count). The van der Waals surface area contributed by atoms with Gasteiger partial charge in [-0.15, -0.1) is 0 Å². The summed E-state index contributed by atoms with van der Waals surface area (Å²) in [6.07, 6.45) is 0. The maximum atomic E-state index is 13.3. The van der Waals surface area contributed by atoms with Crippen LogP contribution >= 0.6 is 11.6 Å². The molecule has 1 heterocycles. The second kappa shape index (κ2) is 7.03. The van der Waals surface area contributed by atoms with Crippen molar-refractivity contribution >= 4 is 34.7 Å². The molecular weight excluding hydrogens is 346 g/mol. The van der Waals surface area contributed by atoms with Crippen LogP contribution < -0.4 is 10.6 Å². The van der Waals surface area contributed by atoms with Crippen molar-refractivity contribution in [1.29, 1.82) is 0 Å². The molecule has 0 fully saturated rings. The number of hydrogen-bond donors (Lipinski definition) is 2. The van der Waals surface area contributed by atoms with Gasteiger partial charge in [0.1, 0.15) is 5.82 Å². The van der Waals surface area contributed by atoms with Crippen molar-refractivity contribution in [1.82, 2.24) is 9.97 Å². The first-order valence-electron chi connectivity index (χ1n) is 7.51. The van der Waals surface area contributed by atoms with E-state index in [-0.39, 0.29) is 0 Å². The Balaban J connectivity index is 1.87. The lowest BCUT2D eigenvalue weighted by molar-refractivity contribution is 0.509. The van der Waals surface area contributed by atoms with E-state index < -0.39 is 11.6 Å². The van der Waals surface area contributed by atoms with Gasteiger partial charge >= 0.3 is 0 Å². The van der Waals surface area contributed by atoms with E-state index in [9.17, 15) is 8.78 Å². The Bertz CT molecular complexity index is 931. The number of nitrogens with one attached hydrogen (secondary N) is 2. The molecule has 0 aliphatic carbocycles. The largest absolute Gasteiger partial charge is 0.340 e. The fraction of sp³-hybridized carbons (Fsp3) is 0.111. The van der Waals surface area contributed by atoms with Crippen LogP contribution in [0.2, 0.25) is 5.02 Å². The van der Waals surface area contributed by atoms with Gasteiger partial charge in [0.25, 0.3) is 0 Å². The van der Waals surface area contributed by atoms with E-state index >= 15 is 0 Å². The van der Waals surface area contributed by atoms with Crippen LogP contribution in [0, 0.1) is 25.5 Å². The van der Waals surface area contributed by atoms with E-state index in [1.165, 1.54) is 6.07 Å². The second-order valence-electron chi connectivity index (χ2n) is 5.56. The number of hydrogen-bond acceptors (Lipinski definition) is 4. The van der Waals surface area contributed by atoms with E-state index in [2.05, 4.69) is 20.6 Å². The zero-order valence-corrected chi connectivity index (χ0v) is 14.3. The molecule has 2 N–H and O–H groups in total. The lowest BCUT2D eigenvalue weighted by Crippen LogP contribution is -2.03. The van der Waals surface area contributed by atoms with Gasteiger partial charge < -0.3 is 10.6 Å². The molecule has 0 saturated heterocycles. The molecule has 0 aliphatic heterocycles. The van der Waals surface area contributed by atoms with E-state index in [4.69, 9.17) is 11.6 Å². The summed E-state index contributed by atoms with van der Waals surface area (Å²) in [5, 5.41) is 6.66. The standard InChI is InChI=1S/C18H15ClF2N4/c1-10-3-4-12(19)8-16(10)24-18-22-11(2)7-17(25-18)23-13-5-6-14(20)15(21)9-13/h3-9H,1-2H3,(H2,22,23,24,25). The average Bonchev–Trinajstić information content (AvgIpc) is 2.54. The highest BCUT2D eigenvalue weighted by Gasteiger charge is 2.07. The van der Waals surface area contributed by atoms with Crippen LogP contribution in [0.3, 0.4) is 0 Å². The summed E-state index contributed by atoms with van der Waals surface area (Å²) in [6.45, 7) is 3.75. The summed E-state index contributed by atoms with van der Waals surface area (Å²) in [5.74, 6) is -0.997. The van der Waals surface area contributed by atoms with Crippen molar-refractivity contribution in [2.24, 2.45) is 0 Å². The quantitative estimate of drug-likeness (QED) is 0.644. The van der Waals surface area contributed by atoms with Crippen LogP contribution in [0.15, 0.2) is 42.5 Å². The van der Waals surface area contributed by atoms with Gasteiger partial charge in [-0.25, -0.2) is 13.8 Å². The van der Waals surface area contributed by atoms with Crippen molar-refractivity contribution < 1.29 is 8.78 Å². The van der Waals surface area contributed by atoms with Crippen LogP contribution in [-0.4, -0.2) is 9.97 Å². The van der Waals surface area contributed by atoms with Crippen LogP contribution in [0.25, 0.3) is 0 Å². The van der Waals surface area contributed by atoms with Crippen molar-refractivity contribution in [2.45, 2.75) is 13.8 Å². The molecule has 3 aromatic rings. The first-order chi connectivity index (χ1) is 11.9. The summed E-state index contributed by atoms with van der Waals surface area (Å²) in [6, 6.07) is 10.7. The van der Waals surface area contributed by atoms with E-state index in [1.807, 2.05) is 19.9 Å². The monoisotopic (exact) mass is 360 g/mol. The normalized spacial score (nSPS) is 10.6. The number of halogens is 3. The highest BCUT2D eigenvalue weighted by atomic mass is 35.5. The molecule has 0 bridgehead atoms. The zero-order chi connectivity index (χ0) is 18.0. The predicted octanol–water partition coefficient (Wildman–Crippen LogP) is 5.51. The second-order valence-corrected chi connectivity index (χ2v) is 5.99. The molecular formula is C18H15ClF2N4. The summed E-state index contributed by atoms with van der Waals surface area (Å²) in [4.78, 5) is 8.69. The lowest BCUT2D eigenvalue weighted by atomic mass is 10.2. The number of aryl methyl sites for hydroxylation is 2. The lowest BCUT2D eigenvalue weighted by Gasteiger charge is -2.12. The third kappa shape index (κ3) is 4.22. The Hall–Kier alpha value is -2.73. The van der Waals surface area contributed by atoms with E-state index in [0.717, 1.165) is 23.4 Å². The molecule has 0 radical (unpaired) electrons. The Morgan fingerprint density at radius 2 is 1.68 bits per heavy atom. The molecule has 25 heavy (non-hydrogen) atoms. The smallest absolute Gasteiger partial charge is 0.229 e. The summed E-state index contributed by atoms with van der Waals surface area (Å²) < 4.78 is 26.4. The molecule has 1 aromatic heterocycles. The molecule has 0 atom stereocenters. The van der Waals surface area contributed by atoms with Crippen molar-refractivity contribution in [3.63, 3.8) is 0 Å². The Morgan fingerprint density at radius 3 is 2.44 bits per heavy atom. The maximum absolute atomic E-state index is 13.3. The molecule has 0 aliphatic rings. The van der Waals surface area contributed by atoms with Crippen LogP contribution in [0.1, 0.15) is 11.3 Å². The topological polar surface area (TPSA) is 49.8 Å². The minimum Gasteiger partial charge on any atom is -0.340 e. The van der Waals surface area contributed by atoms with Gasteiger partial charge in [0.15, 0.2) is 11.6 Å². The summed E-state index contributed by atoms with van der Waals surface area (Å²) >= 11 is 6.02. The van der Waals surface area contributed by atoms with E-state index in [1.54, 1.807) is 18.2 Å². The van der Waals surface area contributed by atoms with Gasteiger partial charge in [0.2, 0.25) is 5.95 Å². The summed E-state index contributed by atoms with van der Waals surface area (Å²) in [5.41, 5.74) is 2.88. The zero-order valence-electron chi connectivity index (χ0n) is 13.6. The van der Waals surface area contributed by atoms with E-state index in [0.29, 0.717) is 28.2 Å². The fourth-order valence-corrected chi connectivity index (χ4v) is 2.43. The number of rotatable bonds is 4. The van der Waals surface area contributed by atoms with Crippen LogP contribution in [-0.2, 0) is 0 Å². The predicted molar refractivity (Wildman–Crippen MR) is 95.9 cm³/mol. The molecule has 7 heteroatoms.